The smallest absolute Gasteiger partial charge is 0.236 e. The van der Waals surface area contributed by atoms with Crippen molar-refractivity contribution in [1.29, 1.82) is 0 Å². The summed E-state index contributed by atoms with van der Waals surface area (Å²) in [4.78, 5) is 15.9. The molecule has 0 aliphatic rings. The van der Waals surface area contributed by atoms with Gasteiger partial charge in [-0.05, 0) is 20.3 Å². The van der Waals surface area contributed by atoms with Gasteiger partial charge in [0.1, 0.15) is 0 Å². The van der Waals surface area contributed by atoms with Crippen LogP contribution in [-0.2, 0) is 11.3 Å². The maximum Gasteiger partial charge on any atom is 0.236 e. The van der Waals surface area contributed by atoms with E-state index in [1.165, 1.54) is 0 Å². The first-order chi connectivity index (χ1) is 7.63. The van der Waals surface area contributed by atoms with Crippen LogP contribution in [0.15, 0.2) is 5.38 Å². The molecule has 0 bridgehead atoms. The molecule has 1 unspecified atom stereocenters. The molecule has 0 aromatic carbocycles. The van der Waals surface area contributed by atoms with E-state index in [1.807, 2.05) is 26.2 Å². The summed E-state index contributed by atoms with van der Waals surface area (Å²) in [5, 5.41) is 9.08. The van der Waals surface area contributed by atoms with Gasteiger partial charge in [-0.2, -0.15) is 0 Å². The lowest BCUT2D eigenvalue weighted by atomic mass is 10.3. The van der Waals surface area contributed by atoms with Crippen molar-refractivity contribution < 1.29 is 4.79 Å². The molecule has 5 heteroatoms. The molecule has 1 heterocycles. The molecule has 0 saturated heterocycles. The van der Waals surface area contributed by atoms with E-state index in [-0.39, 0.29) is 11.9 Å². The first-order valence-electron chi connectivity index (χ1n) is 5.55. The topological polar surface area (TPSA) is 54.0 Å². The Morgan fingerprint density at radius 3 is 2.94 bits per heavy atom. The van der Waals surface area contributed by atoms with Crippen molar-refractivity contribution in [3.8, 4) is 0 Å². The van der Waals surface area contributed by atoms with Crippen LogP contribution in [0.2, 0.25) is 0 Å². The molecule has 1 aromatic heterocycles. The van der Waals surface area contributed by atoms with Crippen LogP contribution in [-0.4, -0.2) is 23.5 Å². The monoisotopic (exact) mass is 241 g/mol. The van der Waals surface area contributed by atoms with Gasteiger partial charge in [-0.3, -0.25) is 4.79 Å². The van der Waals surface area contributed by atoms with E-state index >= 15 is 0 Å². The van der Waals surface area contributed by atoms with Crippen molar-refractivity contribution in [2.75, 3.05) is 6.54 Å². The molecule has 0 spiro atoms. The number of aromatic nitrogens is 1. The van der Waals surface area contributed by atoms with E-state index in [4.69, 9.17) is 0 Å². The summed E-state index contributed by atoms with van der Waals surface area (Å²) >= 11 is 1.63. The summed E-state index contributed by atoms with van der Waals surface area (Å²) in [7, 11) is 0. The molecule has 4 nitrogen and oxygen atoms in total. The van der Waals surface area contributed by atoms with E-state index in [0.29, 0.717) is 6.54 Å². The first kappa shape index (κ1) is 13.1. The predicted molar refractivity (Wildman–Crippen MR) is 66.5 cm³/mol. The molecule has 0 radical (unpaired) electrons. The molecule has 1 rings (SSSR count). The van der Waals surface area contributed by atoms with Crippen LogP contribution in [0.25, 0.3) is 0 Å². The largest absolute Gasteiger partial charge is 0.355 e. The third-order valence-electron chi connectivity index (χ3n) is 2.20. The number of amides is 1. The number of hydrogen-bond acceptors (Lipinski definition) is 4. The van der Waals surface area contributed by atoms with Crippen LogP contribution in [0.3, 0.4) is 0 Å². The van der Waals surface area contributed by atoms with Crippen molar-refractivity contribution in [2.24, 2.45) is 0 Å². The zero-order chi connectivity index (χ0) is 12.0. The maximum absolute atomic E-state index is 11.5. The molecule has 1 amide bonds. The second-order valence-corrected chi connectivity index (χ2v) is 4.81. The number of nitrogens with one attached hydrogen (secondary N) is 2. The summed E-state index contributed by atoms with van der Waals surface area (Å²) in [5.41, 5.74) is 0.998. The van der Waals surface area contributed by atoms with E-state index < -0.39 is 0 Å². The van der Waals surface area contributed by atoms with Gasteiger partial charge in [-0.15, -0.1) is 11.3 Å². The van der Waals surface area contributed by atoms with Gasteiger partial charge in [0, 0.05) is 18.5 Å². The number of aryl methyl sites for hydroxylation is 1. The quantitative estimate of drug-likeness (QED) is 0.792. The van der Waals surface area contributed by atoms with Crippen LogP contribution >= 0.6 is 11.3 Å². The zero-order valence-corrected chi connectivity index (χ0v) is 10.9. The lowest BCUT2D eigenvalue weighted by Crippen LogP contribution is -2.42. The fraction of sp³-hybridized carbons (Fsp3) is 0.636. The Hall–Kier alpha value is -0.940. The third-order valence-corrected chi connectivity index (χ3v) is 3.02. The Morgan fingerprint density at radius 2 is 2.38 bits per heavy atom. The number of carbonyl (C=O) groups is 1. The second kappa shape index (κ2) is 6.60. The van der Waals surface area contributed by atoms with E-state index in [2.05, 4.69) is 15.6 Å². The molecule has 1 atom stereocenters. The van der Waals surface area contributed by atoms with Crippen molar-refractivity contribution in [3.05, 3.63) is 16.1 Å². The van der Waals surface area contributed by atoms with E-state index in [1.54, 1.807) is 11.3 Å². The average Bonchev–Trinajstić information content (AvgIpc) is 2.68. The summed E-state index contributed by atoms with van der Waals surface area (Å²) in [6.45, 7) is 7.26. The molecular weight excluding hydrogens is 222 g/mol. The van der Waals surface area contributed by atoms with Gasteiger partial charge in [-0.1, -0.05) is 6.92 Å². The highest BCUT2D eigenvalue weighted by Crippen LogP contribution is 2.07. The molecule has 0 saturated carbocycles. The highest BCUT2D eigenvalue weighted by atomic mass is 32.1. The van der Waals surface area contributed by atoms with Crippen LogP contribution < -0.4 is 10.6 Å². The van der Waals surface area contributed by atoms with Crippen molar-refractivity contribution >= 4 is 17.2 Å². The highest BCUT2D eigenvalue weighted by molar-refractivity contribution is 7.09. The van der Waals surface area contributed by atoms with Crippen LogP contribution in [0.4, 0.5) is 0 Å². The van der Waals surface area contributed by atoms with E-state index in [0.717, 1.165) is 23.7 Å². The molecule has 1 aromatic rings. The van der Waals surface area contributed by atoms with Gasteiger partial charge in [0.25, 0.3) is 0 Å². The van der Waals surface area contributed by atoms with Gasteiger partial charge in [-0.25, -0.2) is 4.98 Å². The summed E-state index contributed by atoms with van der Waals surface area (Å²) in [5.74, 6) is 0.0498. The summed E-state index contributed by atoms with van der Waals surface area (Å²) in [6, 6.07) is -0.173. The van der Waals surface area contributed by atoms with Gasteiger partial charge in [0.05, 0.1) is 16.7 Å². The van der Waals surface area contributed by atoms with Crippen molar-refractivity contribution in [1.82, 2.24) is 15.6 Å². The van der Waals surface area contributed by atoms with Gasteiger partial charge >= 0.3 is 0 Å². The third kappa shape index (κ3) is 4.28. The Labute approximate surface area is 100 Å². The SMILES string of the molecule is CCCNC(=O)C(C)NCc1csc(C)n1. The van der Waals surface area contributed by atoms with Crippen molar-refractivity contribution in [2.45, 2.75) is 39.8 Å². The standard InChI is InChI=1S/C11H19N3OS/c1-4-5-12-11(15)8(2)13-6-10-7-16-9(3)14-10/h7-8,13H,4-6H2,1-3H3,(H,12,15). The molecule has 0 aliphatic heterocycles. The fourth-order valence-electron chi connectivity index (χ4n) is 1.24. The molecule has 0 fully saturated rings. The van der Waals surface area contributed by atoms with Gasteiger partial charge < -0.3 is 10.6 Å². The molecule has 2 N–H and O–H groups in total. The Kier molecular flexibility index (Phi) is 5.42. The van der Waals surface area contributed by atoms with Gasteiger partial charge in [0.15, 0.2) is 0 Å². The summed E-state index contributed by atoms with van der Waals surface area (Å²) < 4.78 is 0. The number of nitrogens with zero attached hydrogens (tertiary/aromatic N) is 1. The van der Waals surface area contributed by atoms with Crippen LogP contribution in [0.1, 0.15) is 31.0 Å². The lowest BCUT2D eigenvalue weighted by Gasteiger charge is -2.12. The minimum Gasteiger partial charge on any atom is -0.355 e. The molecule has 90 valence electrons. The number of carbonyl (C=O) groups excluding carboxylic acids is 1. The maximum atomic E-state index is 11.5. The average molecular weight is 241 g/mol. The Bertz CT molecular complexity index is 338. The molecule has 0 aliphatic carbocycles. The number of thiazole rings is 1. The van der Waals surface area contributed by atoms with Crippen LogP contribution in [0, 0.1) is 6.92 Å². The second-order valence-electron chi connectivity index (χ2n) is 3.75. The normalized spacial score (nSPS) is 12.4. The van der Waals surface area contributed by atoms with Gasteiger partial charge in [0.2, 0.25) is 5.91 Å². The number of rotatable bonds is 6. The first-order valence-corrected chi connectivity index (χ1v) is 6.43. The lowest BCUT2D eigenvalue weighted by molar-refractivity contribution is -0.122. The van der Waals surface area contributed by atoms with Crippen LogP contribution in [0.5, 0.6) is 0 Å². The predicted octanol–water partition coefficient (Wildman–Crippen LogP) is 1.46. The number of hydrogen-bond donors (Lipinski definition) is 2. The minimum atomic E-state index is -0.173. The minimum absolute atomic E-state index is 0.0498. The van der Waals surface area contributed by atoms with Crippen molar-refractivity contribution in [3.63, 3.8) is 0 Å². The molecular formula is C11H19N3OS. The highest BCUT2D eigenvalue weighted by Gasteiger charge is 2.11. The fourth-order valence-corrected chi connectivity index (χ4v) is 1.85. The molecule has 16 heavy (non-hydrogen) atoms. The zero-order valence-electron chi connectivity index (χ0n) is 10.0. The van der Waals surface area contributed by atoms with E-state index in [9.17, 15) is 4.79 Å². The summed E-state index contributed by atoms with van der Waals surface area (Å²) in [6.07, 6.45) is 0.962. The Morgan fingerprint density at radius 1 is 1.62 bits per heavy atom. The Balaban J connectivity index is 2.29.